The lowest BCUT2D eigenvalue weighted by Crippen LogP contribution is -2.16. The van der Waals surface area contributed by atoms with Crippen molar-refractivity contribution in [2.45, 2.75) is 30.9 Å². The minimum Gasteiger partial charge on any atom is -0.330 e. The molecule has 0 radical (unpaired) electrons. The van der Waals surface area contributed by atoms with Gasteiger partial charge in [0.15, 0.2) is 0 Å². The van der Waals surface area contributed by atoms with Crippen LogP contribution >= 0.6 is 0 Å². The Morgan fingerprint density at radius 3 is 2.35 bits per heavy atom. The van der Waals surface area contributed by atoms with Crippen molar-refractivity contribution < 1.29 is 17.6 Å². The molecule has 1 saturated carbocycles. The molecule has 0 aliphatic heterocycles. The van der Waals surface area contributed by atoms with Gasteiger partial charge in [-0.3, -0.25) is 0 Å². The molecule has 1 aliphatic rings. The summed E-state index contributed by atoms with van der Waals surface area (Å²) in [5, 5.41) is 0. The van der Waals surface area contributed by atoms with E-state index in [2.05, 4.69) is 0 Å². The Morgan fingerprint density at radius 1 is 1.24 bits per heavy atom. The van der Waals surface area contributed by atoms with E-state index in [0.29, 0.717) is 18.5 Å². The first-order valence-electron chi connectivity index (χ1n) is 5.46. The molecule has 0 atom stereocenters. The summed E-state index contributed by atoms with van der Waals surface area (Å²) in [6, 6.07) is 3.26. The monoisotopic (exact) mass is 247 g/mol. The van der Waals surface area contributed by atoms with Crippen molar-refractivity contribution in [2.75, 3.05) is 6.54 Å². The van der Waals surface area contributed by atoms with E-state index in [4.69, 9.17) is 5.73 Å². The lowest BCUT2D eigenvalue weighted by molar-refractivity contribution is -0.140. The van der Waals surface area contributed by atoms with E-state index >= 15 is 0 Å². The number of halogens is 4. The molecule has 1 nitrogen and oxygen atoms in total. The van der Waals surface area contributed by atoms with Crippen molar-refractivity contribution in [1.29, 1.82) is 0 Å². The van der Waals surface area contributed by atoms with Gasteiger partial charge in [0.1, 0.15) is 5.82 Å². The highest BCUT2D eigenvalue weighted by Gasteiger charge is 2.45. The second kappa shape index (κ2) is 3.98. The summed E-state index contributed by atoms with van der Waals surface area (Å²) < 4.78 is 50.8. The summed E-state index contributed by atoms with van der Waals surface area (Å²) >= 11 is 0. The van der Waals surface area contributed by atoms with Gasteiger partial charge in [-0.05, 0) is 48.9 Å². The first kappa shape index (κ1) is 12.4. The summed E-state index contributed by atoms with van der Waals surface area (Å²) in [5.74, 6) is -1.22. The second-order valence-electron chi connectivity index (χ2n) is 4.51. The molecule has 5 heteroatoms. The van der Waals surface area contributed by atoms with Crippen LogP contribution in [0.25, 0.3) is 0 Å². The maximum atomic E-state index is 13.1. The fourth-order valence-electron chi connectivity index (χ4n) is 2.18. The molecule has 17 heavy (non-hydrogen) atoms. The Labute approximate surface area is 96.6 Å². The first-order valence-corrected chi connectivity index (χ1v) is 5.46. The minimum atomic E-state index is -4.64. The Morgan fingerprint density at radius 2 is 1.88 bits per heavy atom. The van der Waals surface area contributed by atoms with Crippen LogP contribution < -0.4 is 5.73 Å². The SMILES string of the molecule is NCCC1(c2ccc(F)c(C(F)(F)F)c2)CC1. The zero-order valence-electron chi connectivity index (χ0n) is 9.15. The third-order valence-corrected chi connectivity index (χ3v) is 3.36. The molecule has 2 rings (SSSR count). The number of hydrogen-bond donors (Lipinski definition) is 1. The van der Waals surface area contributed by atoms with Gasteiger partial charge in [0.25, 0.3) is 0 Å². The molecular weight excluding hydrogens is 234 g/mol. The Hall–Kier alpha value is -1.10. The molecule has 1 aliphatic carbocycles. The summed E-state index contributed by atoms with van der Waals surface area (Å²) in [6.07, 6.45) is -2.34. The van der Waals surface area contributed by atoms with Crippen LogP contribution in [0.3, 0.4) is 0 Å². The van der Waals surface area contributed by atoms with Crippen molar-refractivity contribution in [2.24, 2.45) is 5.73 Å². The topological polar surface area (TPSA) is 26.0 Å². The van der Waals surface area contributed by atoms with Gasteiger partial charge in [-0.1, -0.05) is 6.07 Å². The van der Waals surface area contributed by atoms with Crippen LogP contribution in [-0.4, -0.2) is 6.54 Å². The molecule has 94 valence electrons. The lowest BCUT2D eigenvalue weighted by atomic mass is 9.91. The molecule has 1 fully saturated rings. The number of benzene rings is 1. The van der Waals surface area contributed by atoms with E-state index in [1.807, 2.05) is 0 Å². The van der Waals surface area contributed by atoms with Gasteiger partial charge >= 0.3 is 6.18 Å². The van der Waals surface area contributed by atoms with Crippen molar-refractivity contribution in [1.82, 2.24) is 0 Å². The smallest absolute Gasteiger partial charge is 0.330 e. The predicted octanol–water partition coefficient (Wildman–Crippen LogP) is 3.22. The molecule has 0 heterocycles. The Kier molecular flexibility index (Phi) is 2.89. The highest BCUT2D eigenvalue weighted by Crippen LogP contribution is 2.51. The van der Waals surface area contributed by atoms with Gasteiger partial charge in [-0.25, -0.2) is 4.39 Å². The van der Waals surface area contributed by atoms with Crippen molar-refractivity contribution in [3.8, 4) is 0 Å². The van der Waals surface area contributed by atoms with Crippen LogP contribution in [0.5, 0.6) is 0 Å². The Balaban J connectivity index is 2.38. The summed E-state index contributed by atoms with van der Waals surface area (Å²) in [7, 11) is 0. The van der Waals surface area contributed by atoms with Crippen molar-refractivity contribution in [3.05, 3.63) is 35.1 Å². The van der Waals surface area contributed by atoms with Crippen LogP contribution in [0.4, 0.5) is 17.6 Å². The van der Waals surface area contributed by atoms with Gasteiger partial charge in [0.05, 0.1) is 5.56 Å². The average molecular weight is 247 g/mol. The van der Waals surface area contributed by atoms with E-state index in [9.17, 15) is 17.6 Å². The molecule has 0 amide bonds. The fourth-order valence-corrected chi connectivity index (χ4v) is 2.18. The molecular formula is C12H13F4N. The molecule has 1 aromatic carbocycles. The fraction of sp³-hybridized carbons (Fsp3) is 0.500. The number of rotatable bonds is 3. The van der Waals surface area contributed by atoms with Gasteiger partial charge in [-0.2, -0.15) is 13.2 Å². The van der Waals surface area contributed by atoms with Gasteiger partial charge in [0.2, 0.25) is 0 Å². The Bertz CT molecular complexity index is 421. The maximum Gasteiger partial charge on any atom is 0.419 e. The summed E-state index contributed by atoms with van der Waals surface area (Å²) in [6.45, 7) is 0.429. The average Bonchev–Trinajstić information content (AvgIpc) is 2.98. The molecule has 1 aromatic rings. The highest BCUT2D eigenvalue weighted by atomic mass is 19.4. The van der Waals surface area contributed by atoms with E-state index < -0.39 is 17.6 Å². The van der Waals surface area contributed by atoms with Gasteiger partial charge in [-0.15, -0.1) is 0 Å². The molecule has 0 bridgehead atoms. The minimum absolute atomic E-state index is 0.248. The van der Waals surface area contributed by atoms with E-state index in [1.54, 1.807) is 0 Å². The van der Waals surface area contributed by atoms with E-state index in [-0.39, 0.29) is 5.41 Å². The molecule has 0 aromatic heterocycles. The van der Waals surface area contributed by atoms with E-state index in [1.165, 1.54) is 6.07 Å². The highest BCUT2D eigenvalue weighted by molar-refractivity contribution is 5.36. The van der Waals surface area contributed by atoms with Crippen LogP contribution in [0, 0.1) is 5.82 Å². The van der Waals surface area contributed by atoms with Gasteiger partial charge in [0, 0.05) is 0 Å². The standard InChI is InChI=1S/C12H13F4N/c13-10-2-1-8(7-9(10)12(14,15)16)11(3-4-11)5-6-17/h1-2,7H,3-6,17H2. The van der Waals surface area contributed by atoms with Crippen molar-refractivity contribution in [3.63, 3.8) is 0 Å². The zero-order valence-corrected chi connectivity index (χ0v) is 9.15. The van der Waals surface area contributed by atoms with Crippen LogP contribution in [0.15, 0.2) is 18.2 Å². The van der Waals surface area contributed by atoms with Gasteiger partial charge < -0.3 is 5.73 Å². The van der Waals surface area contributed by atoms with E-state index in [0.717, 1.165) is 25.0 Å². The molecule has 2 N–H and O–H groups in total. The van der Waals surface area contributed by atoms with Crippen LogP contribution in [0.1, 0.15) is 30.4 Å². The number of nitrogens with two attached hydrogens (primary N) is 1. The first-order chi connectivity index (χ1) is 7.89. The van der Waals surface area contributed by atoms with Crippen molar-refractivity contribution >= 4 is 0 Å². The molecule has 0 spiro atoms. The maximum absolute atomic E-state index is 13.1. The molecule has 0 saturated heterocycles. The van der Waals surface area contributed by atoms with Crippen LogP contribution in [-0.2, 0) is 11.6 Å². The predicted molar refractivity (Wildman–Crippen MR) is 56.0 cm³/mol. The number of hydrogen-bond acceptors (Lipinski definition) is 1. The summed E-state index contributed by atoms with van der Waals surface area (Å²) in [4.78, 5) is 0. The zero-order chi connectivity index (χ0) is 12.7. The lowest BCUT2D eigenvalue weighted by Gasteiger charge is -2.17. The normalized spacial score (nSPS) is 18.2. The summed E-state index contributed by atoms with van der Waals surface area (Å²) in [5.41, 5.74) is 4.57. The third-order valence-electron chi connectivity index (χ3n) is 3.36. The van der Waals surface area contributed by atoms with Crippen LogP contribution in [0.2, 0.25) is 0 Å². The quantitative estimate of drug-likeness (QED) is 0.815. The third kappa shape index (κ3) is 2.29. The second-order valence-corrected chi connectivity index (χ2v) is 4.51. The number of alkyl halides is 3. The largest absolute Gasteiger partial charge is 0.419 e. The molecule has 0 unspecified atom stereocenters.